The van der Waals surface area contributed by atoms with E-state index in [0.29, 0.717) is 31.2 Å². The van der Waals surface area contributed by atoms with E-state index in [1.54, 1.807) is 0 Å². The maximum Gasteiger partial charge on any atom is 0.193 e. The highest BCUT2D eigenvalue weighted by Gasteiger charge is 2.11. The number of guanidine groups is 1. The van der Waals surface area contributed by atoms with E-state index in [0.717, 1.165) is 11.3 Å². The molecule has 2 aromatic rings. The summed E-state index contributed by atoms with van der Waals surface area (Å²) in [6.45, 7) is 5.35. The fourth-order valence-corrected chi connectivity index (χ4v) is 2.52. The number of nitrogens with two attached hydrogens (primary N) is 1. The van der Waals surface area contributed by atoms with Crippen molar-refractivity contribution in [3.8, 4) is 11.5 Å². The maximum atomic E-state index is 9.62. The van der Waals surface area contributed by atoms with Crippen molar-refractivity contribution in [1.29, 1.82) is 0 Å². The zero-order valence-corrected chi connectivity index (χ0v) is 18.1. The number of aliphatic hydroxyl groups excluding tert-OH is 1. The SMILES string of the molecule is CCOc1ccc(OCC)c(NC(N)=NCC(CO)c2ccccc2)c1.I. The van der Waals surface area contributed by atoms with Gasteiger partial charge in [-0.05, 0) is 31.5 Å². The van der Waals surface area contributed by atoms with Gasteiger partial charge in [0.2, 0.25) is 0 Å². The number of benzene rings is 2. The zero-order valence-electron chi connectivity index (χ0n) is 15.7. The van der Waals surface area contributed by atoms with Gasteiger partial charge in [0.25, 0.3) is 0 Å². The van der Waals surface area contributed by atoms with Gasteiger partial charge in [-0.25, -0.2) is 0 Å². The van der Waals surface area contributed by atoms with Crippen molar-refractivity contribution < 1.29 is 14.6 Å². The summed E-state index contributed by atoms with van der Waals surface area (Å²) in [5, 5.41) is 12.7. The van der Waals surface area contributed by atoms with Gasteiger partial charge in [-0.15, -0.1) is 24.0 Å². The smallest absolute Gasteiger partial charge is 0.193 e. The van der Waals surface area contributed by atoms with Crippen LogP contribution in [0.5, 0.6) is 11.5 Å². The van der Waals surface area contributed by atoms with Crippen molar-refractivity contribution >= 4 is 35.6 Å². The van der Waals surface area contributed by atoms with Crippen LogP contribution in [0, 0.1) is 0 Å². The lowest BCUT2D eigenvalue weighted by Crippen LogP contribution is -2.24. The molecular weight excluding hydrogens is 457 g/mol. The summed E-state index contributed by atoms with van der Waals surface area (Å²) in [4.78, 5) is 4.37. The summed E-state index contributed by atoms with van der Waals surface area (Å²) in [7, 11) is 0. The van der Waals surface area contributed by atoms with Gasteiger partial charge < -0.3 is 25.6 Å². The first kappa shape index (κ1) is 23.0. The molecule has 148 valence electrons. The second-order valence-corrected chi connectivity index (χ2v) is 5.67. The topological polar surface area (TPSA) is 89.1 Å². The van der Waals surface area contributed by atoms with Crippen molar-refractivity contribution in [3.63, 3.8) is 0 Å². The number of nitrogens with zero attached hydrogens (tertiary/aromatic N) is 1. The van der Waals surface area contributed by atoms with Crippen LogP contribution in [-0.4, -0.2) is 37.4 Å². The molecule has 4 N–H and O–H groups in total. The highest BCUT2D eigenvalue weighted by molar-refractivity contribution is 14.0. The van der Waals surface area contributed by atoms with Gasteiger partial charge in [0, 0.05) is 12.0 Å². The third-order valence-corrected chi connectivity index (χ3v) is 3.80. The molecule has 1 atom stereocenters. The van der Waals surface area contributed by atoms with Crippen LogP contribution < -0.4 is 20.5 Å². The number of nitrogens with one attached hydrogen (secondary N) is 1. The van der Waals surface area contributed by atoms with Crippen LogP contribution in [-0.2, 0) is 0 Å². The number of hydrogen-bond acceptors (Lipinski definition) is 4. The van der Waals surface area contributed by atoms with Crippen molar-refractivity contribution in [2.75, 3.05) is 31.7 Å². The van der Waals surface area contributed by atoms with Gasteiger partial charge in [0.15, 0.2) is 5.96 Å². The Labute approximate surface area is 177 Å². The van der Waals surface area contributed by atoms with Crippen LogP contribution in [0.4, 0.5) is 5.69 Å². The molecule has 0 aromatic heterocycles. The van der Waals surface area contributed by atoms with Gasteiger partial charge in [0.05, 0.1) is 32.1 Å². The first-order valence-electron chi connectivity index (χ1n) is 8.80. The lowest BCUT2D eigenvalue weighted by atomic mass is 10.0. The first-order chi connectivity index (χ1) is 12.7. The van der Waals surface area contributed by atoms with Crippen LogP contribution in [0.25, 0.3) is 0 Å². The van der Waals surface area contributed by atoms with Crippen molar-refractivity contribution in [2.45, 2.75) is 19.8 Å². The van der Waals surface area contributed by atoms with E-state index >= 15 is 0 Å². The van der Waals surface area contributed by atoms with Crippen LogP contribution in [0.3, 0.4) is 0 Å². The molecule has 0 aliphatic rings. The molecule has 0 bridgehead atoms. The Kier molecular flexibility index (Phi) is 10.6. The molecule has 0 radical (unpaired) electrons. The first-order valence-corrected chi connectivity index (χ1v) is 8.80. The second kappa shape index (κ2) is 12.4. The van der Waals surface area contributed by atoms with Crippen LogP contribution in [0.15, 0.2) is 53.5 Å². The third-order valence-electron chi connectivity index (χ3n) is 3.80. The minimum atomic E-state index is -0.0994. The van der Waals surface area contributed by atoms with Crippen molar-refractivity contribution in [1.82, 2.24) is 0 Å². The van der Waals surface area contributed by atoms with Gasteiger partial charge >= 0.3 is 0 Å². The molecule has 0 aliphatic heterocycles. The highest BCUT2D eigenvalue weighted by Crippen LogP contribution is 2.29. The standard InChI is InChI=1S/C20H27N3O3.HI/c1-3-25-17-10-11-19(26-4-2)18(12-17)23-20(21)22-13-16(14-24)15-8-6-5-7-9-15;/h5-12,16,24H,3-4,13-14H2,1-2H3,(H3,21,22,23);1H. The zero-order chi connectivity index (χ0) is 18.8. The van der Waals surface area contributed by atoms with E-state index in [1.807, 2.05) is 62.4 Å². The largest absolute Gasteiger partial charge is 0.494 e. The average molecular weight is 485 g/mol. The predicted molar refractivity (Wildman–Crippen MR) is 121 cm³/mol. The minimum Gasteiger partial charge on any atom is -0.494 e. The summed E-state index contributed by atoms with van der Waals surface area (Å²) in [5.74, 6) is 1.56. The number of halogens is 1. The summed E-state index contributed by atoms with van der Waals surface area (Å²) in [6, 6.07) is 15.3. The average Bonchev–Trinajstić information content (AvgIpc) is 2.65. The lowest BCUT2D eigenvalue weighted by Gasteiger charge is -2.15. The lowest BCUT2D eigenvalue weighted by molar-refractivity contribution is 0.268. The quantitative estimate of drug-likeness (QED) is 0.287. The normalized spacial score (nSPS) is 12.0. The molecule has 6 nitrogen and oxygen atoms in total. The van der Waals surface area contributed by atoms with Gasteiger partial charge in [-0.1, -0.05) is 30.3 Å². The van der Waals surface area contributed by atoms with Crippen LogP contribution in [0.1, 0.15) is 25.3 Å². The van der Waals surface area contributed by atoms with Gasteiger partial charge in [0.1, 0.15) is 11.5 Å². The summed E-state index contributed by atoms with van der Waals surface area (Å²) in [5.41, 5.74) is 7.76. The number of ether oxygens (including phenoxy) is 2. The van der Waals surface area contributed by atoms with E-state index in [9.17, 15) is 5.11 Å². The summed E-state index contributed by atoms with van der Waals surface area (Å²) < 4.78 is 11.1. The number of anilines is 1. The summed E-state index contributed by atoms with van der Waals surface area (Å²) in [6.07, 6.45) is 0. The molecular formula is C20H28IN3O3. The number of aliphatic hydroxyl groups is 1. The highest BCUT2D eigenvalue weighted by atomic mass is 127. The maximum absolute atomic E-state index is 9.62. The molecule has 0 heterocycles. The molecule has 7 heteroatoms. The Hall–Kier alpha value is -2.00. The molecule has 0 fully saturated rings. The molecule has 2 rings (SSSR count). The molecule has 1 unspecified atom stereocenters. The van der Waals surface area contributed by atoms with Crippen LogP contribution in [0.2, 0.25) is 0 Å². The fourth-order valence-electron chi connectivity index (χ4n) is 2.52. The predicted octanol–water partition coefficient (Wildman–Crippen LogP) is 3.60. The molecule has 0 aliphatic carbocycles. The molecule has 0 saturated carbocycles. The Morgan fingerprint density at radius 1 is 1.11 bits per heavy atom. The number of hydrogen-bond donors (Lipinski definition) is 3. The van der Waals surface area contributed by atoms with E-state index in [4.69, 9.17) is 15.2 Å². The van der Waals surface area contributed by atoms with E-state index in [2.05, 4.69) is 10.3 Å². The monoisotopic (exact) mass is 485 g/mol. The van der Waals surface area contributed by atoms with E-state index in [-0.39, 0.29) is 42.5 Å². The Balaban J connectivity index is 0.00000364. The van der Waals surface area contributed by atoms with Crippen LogP contribution >= 0.6 is 24.0 Å². The van der Waals surface area contributed by atoms with Gasteiger partial charge in [-0.2, -0.15) is 0 Å². The van der Waals surface area contributed by atoms with E-state index in [1.165, 1.54) is 0 Å². The molecule has 0 amide bonds. The summed E-state index contributed by atoms with van der Waals surface area (Å²) >= 11 is 0. The molecule has 27 heavy (non-hydrogen) atoms. The molecule has 2 aromatic carbocycles. The molecule has 0 saturated heterocycles. The van der Waals surface area contributed by atoms with Gasteiger partial charge in [-0.3, -0.25) is 4.99 Å². The van der Waals surface area contributed by atoms with E-state index < -0.39 is 0 Å². The van der Waals surface area contributed by atoms with Crippen molar-refractivity contribution in [3.05, 3.63) is 54.1 Å². The molecule has 0 spiro atoms. The minimum absolute atomic E-state index is 0. The number of rotatable bonds is 9. The Bertz CT molecular complexity index is 711. The number of aliphatic imine (C=N–C) groups is 1. The Morgan fingerprint density at radius 3 is 2.44 bits per heavy atom. The fraction of sp³-hybridized carbons (Fsp3) is 0.350. The third kappa shape index (κ3) is 7.26. The Morgan fingerprint density at radius 2 is 1.81 bits per heavy atom. The second-order valence-electron chi connectivity index (χ2n) is 5.67. The van der Waals surface area contributed by atoms with Crippen molar-refractivity contribution in [2.24, 2.45) is 10.7 Å².